The Morgan fingerprint density at radius 3 is 1.45 bits per heavy atom. The molecule has 18 N–H and O–H groups in total. The first-order chi connectivity index (χ1) is 35.4. The number of rotatable bonds is 34. The number of aliphatic hydroxyl groups excluding tert-OH is 2. The largest absolute Gasteiger partial charge is 0.508 e. The summed E-state index contributed by atoms with van der Waals surface area (Å²) >= 11 is 0. The summed E-state index contributed by atoms with van der Waals surface area (Å²) in [5, 5.41) is 71.7. The number of carboxylic acid groups (broad SMARTS) is 2. The van der Waals surface area contributed by atoms with Gasteiger partial charge >= 0.3 is 11.9 Å². The highest BCUT2D eigenvalue weighted by Crippen LogP contribution is 2.14. The van der Waals surface area contributed by atoms with Gasteiger partial charge in [0.05, 0.1) is 18.8 Å². The highest BCUT2D eigenvalue weighted by atomic mass is 16.4. The molecule has 1 aromatic carbocycles. The lowest BCUT2D eigenvalue weighted by Gasteiger charge is -2.29. The van der Waals surface area contributed by atoms with Crippen molar-refractivity contribution in [3.63, 3.8) is 0 Å². The lowest BCUT2D eigenvalue weighted by molar-refractivity contribution is -0.143. The van der Waals surface area contributed by atoms with Crippen molar-refractivity contribution in [2.45, 2.75) is 174 Å². The van der Waals surface area contributed by atoms with Crippen molar-refractivity contribution in [2.24, 2.45) is 29.2 Å². The molecule has 0 saturated carbocycles. The zero-order valence-corrected chi connectivity index (χ0v) is 44.6. The van der Waals surface area contributed by atoms with Gasteiger partial charge in [-0.05, 0) is 94.9 Å². The van der Waals surface area contributed by atoms with Gasteiger partial charge in [0.15, 0.2) is 0 Å². The molecule has 0 aliphatic rings. The summed E-state index contributed by atoms with van der Waals surface area (Å²) in [5.41, 5.74) is 11.7. The van der Waals surface area contributed by atoms with Crippen LogP contribution >= 0.6 is 0 Å². The van der Waals surface area contributed by atoms with E-state index < -0.39 is 163 Å². The van der Waals surface area contributed by atoms with Gasteiger partial charge < -0.3 is 84.9 Å². The normalized spacial score (nSPS) is 15.6. The van der Waals surface area contributed by atoms with E-state index in [1.807, 2.05) is 0 Å². The zero-order chi connectivity index (χ0) is 58.1. The smallest absolute Gasteiger partial charge is 0.326 e. The predicted octanol–water partition coefficient (Wildman–Crippen LogP) is -3.53. The molecule has 0 aromatic heterocycles. The van der Waals surface area contributed by atoms with Gasteiger partial charge in [-0.2, -0.15) is 0 Å². The molecule has 0 aliphatic heterocycles. The van der Waals surface area contributed by atoms with E-state index in [0.29, 0.717) is 18.4 Å². The van der Waals surface area contributed by atoms with Crippen LogP contribution < -0.4 is 59.3 Å². The average molecular weight is 1080 g/mol. The molecule has 1 aromatic rings. The van der Waals surface area contributed by atoms with Crippen molar-refractivity contribution in [3.05, 3.63) is 29.8 Å². The molecule has 0 bridgehead atoms. The van der Waals surface area contributed by atoms with Gasteiger partial charge in [-0.15, -0.1) is 0 Å². The Morgan fingerprint density at radius 2 is 0.961 bits per heavy atom. The third kappa shape index (κ3) is 23.7. The van der Waals surface area contributed by atoms with Gasteiger partial charge in [-0.25, -0.2) is 4.79 Å². The molecule has 0 saturated heterocycles. The first-order valence-electron chi connectivity index (χ1n) is 25.1. The standard InChI is InChI=1S/C49H81N11O16/c1-23(2)20-33(55-40(66)26(7)51)44(70)52-27(8)41(67)53-32(17-18-36(64)65)43(69)60-39(28(9)62)48(74)57-35(22-61)46(72)56-34(21-29-13-15-30(63)16-14-29)45(71)58-37(24(3)4)47(73)54-31(12-10-11-19-50)42(68)59-38(25(5)6)49(75)76/h13-16,23-28,31-35,37-39,61-63H,10-12,17-22,50-51H2,1-9H3,(H,52,70)(H,53,67)(H,54,73)(H,55,66)(H,56,72)(H,57,74)(H,58,71)(H,59,68)(H,60,69)(H,64,65)(H,75,76)/t26-,27-,28+,31-,32-,33-,34-,35-,37-,38-,39-/m0/s1. The lowest BCUT2D eigenvalue weighted by atomic mass is 9.99. The van der Waals surface area contributed by atoms with Crippen molar-refractivity contribution < 1.29 is 78.3 Å². The molecule has 27 nitrogen and oxygen atoms in total. The van der Waals surface area contributed by atoms with Crippen LogP contribution in [0.5, 0.6) is 5.75 Å². The number of nitrogens with two attached hydrogens (primary N) is 2. The number of phenols is 1. The van der Waals surface area contributed by atoms with Crippen molar-refractivity contribution in [1.29, 1.82) is 0 Å². The van der Waals surface area contributed by atoms with Crippen molar-refractivity contribution >= 4 is 65.1 Å². The Bertz CT molecular complexity index is 2140. The highest BCUT2D eigenvalue weighted by Gasteiger charge is 2.37. The number of amides is 9. The highest BCUT2D eigenvalue weighted by molar-refractivity contribution is 5.98. The lowest BCUT2D eigenvalue weighted by Crippen LogP contribution is -2.63. The van der Waals surface area contributed by atoms with Crippen LogP contribution in [0.2, 0.25) is 0 Å². The number of aliphatic hydroxyl groups is 2. The number of unbranched alkanes of at least 4 members (excludes halogenated alkanes) is 1. The molecule has 0 unspecified atom stereocenters. The summed E-state index contributed by atoms with van der Waals surface area (Å²) < 4.78 is 0. The summed E-state index contributed by atoms with van der Waals surface area (Å²) in [5.74, 6) is -12.7. The Hall–Kier alpha value is -6.97. The monoisotopic (exact) mass is 1080 g/mol. The molecular weight excluding hydrogens is 999 g/mol. The number of aromatic hydroxyl groups is 1. The number of benzene rings is 1. The van der Waals surface area contributed by atoms with Crippen molar-refractivity contribution in [1.82, 2.24) is 47.9 Å². The second-order valence-electron chi connectivity index (χ2n) is 19.8. The van der Waals surface area contributed by atoms with Gasteiger partial charge in [0.2, 0.25) is 53.2 Å². The number of carbonyl (C=O) groups excluding carboxylic acids is 9. The maximum Gasteiger partial charge on any atom is 0.326 e. The zero-order valence-electron chi connectivity index (χ0n) is 44.6. The Morgan fingerprint density at radius 1 is 0.513 bits per heavy atom. The Kier molecular flexibility index (Phi) is 29.2. The average Bonchev–Trinajstić information content (AvgIpc) is 3.33. The van der Waals surface area contributed by atoms with Crippen LogP contribution in [0.4, 0.5) is 0 Å². The third-order valence-corrected chi connectivity index (χ3v) is 11.7. The summed E-state index contributed by atoms with van der Waals surface area (Å²) in [6.45, 7) is 12.8. The fourth-order valence-electron chi connectivity index (χ4n) is 7.26. The van der Waals surface area contributed by atoms with E-state index in [2.05, 4.69) is 47.9 Å². The van der Waals surface area contributed by atoms with E-state index in [1.165, 1.54) is 38.1 Å². The molecule has 11 atom stereocenters. The second kappa shape index (κ2) is 33.1. The molecule has 428 valence electrons. The molecule has 0 spiro atoms. The van der Waals surface area contributed by atoms with Crippen LogP contribution in [0, 0.1) is 17.8 Å². The molecule has 76 heavy (non-hydrogen) atoms. The van der Waals surface area contributed by atoms with Crippen LogP contribution in [0.15, 0.2) is 24.3 Å². The summed E-state index contributed by atoms with van der Waals surface area (Å²) in [4.78, 5) is 145. The summed E-state index contributed by atoms with van der Waals surface area (Å²) in [6.07, 6.45) is -2.21. The number of hydrogen-bond donors (Lipinski definition) is 16. The van der Waals surface area contributed by atoms with E-state index in [0.717, 1.165) is 6.92 Å². The molecule has 0 radical (unpaired) electrons. The van der Waals surface area contributed by atoms with Gasteiger partial charge in [0.25, 0.3) is 0 Å². The van der Waals surface area contributed by atoms with Gasteiger partial charge in [-0.1, -0.05) is 53.7 Å². The quantitative estimate of drug-likeness (QED) is 0.0298. The third-order valence-electron chi connectivity index (χ3n) is 11.7. The number of hydrogen-bond acceptors (Lipinski definition) is 16. The first-order valence-corrected chi connectivity index (χ1v) is 25.1. The van der Waals surface area contributed by atoms with Gasteiger partial charge in [-0.3, -0.25) is 47.9 Å². The van der Waals surface area contributed by atoms with Crippen LogP contribution in [0.25, 0.3) is 0 Å². The molecule has 1 rings (SSSR count). The Labute approximate surface area is 442 Å². The molecule has 0 heterocycles. The molecule has 0 aliphatic carbocycles. The first kappa shape index (κ1) is 67.0. The molecular formula is C49H81N11O16. The van der Waals surface area contributed by atoms with Gasteiger partial charge in [0.1, 0.15) is 60.1 Å². The fraction of sp³-hybridized carbons (Fsp3) is 0.653. The minimum Gasteiger partial charge on any atom is -0.508 e. The topological polar surface area (TPSA) is 449 Å². The number of phenolic OH excluding ortho intramolecular Hbond substituents is 1. The van der Waals surface area contributed by atoms with E-state index in [-0.39, 0.29) is 37.5 Å². The number of nitrogens with one attached hydrogen (secondary N) is 9. The SMILES string of the molecule is CC(C)C[C@H](NC(=O)[C@H](C)N)C(=O)N[C@@H](C)C(=O)N[C@@H](CCC(=O)O)C(=O)N[C@H](C(=O)N[C@@H](CO)C(=O)N[C@@H](Cc1ccc(O)cc1)C(=O)N[C@H](C(=O)N[C@@H](CCCCN)C(=O)N[C@H](C(=O)O)C(C)C)C(C)C)[C@@H](C)O. The minimum absolute atomic E-state index is 0.0619. The molecule has 27 heteroatoms. The van der Waals surface area contributed by atoms with Crippen molar-refractivity contribution in [3.8, 4) is 5.75 Å². The van der Waals surface area contributed by atoms with Crippen molar-refractivity contribution in [2.75, 3.05) is 13.2 Å². The fourth-order valence-corrected chi connectivity index (χ4v) is 7.26. The van der Waals surface area contributed by atoms with E-state index in [1.54, 1.807) is 41.5 Å². The van der Waals surface area contributed by atoms with E-state index in [4.69, 9.17) is 11.5 Å². The van der Waals surface area contributed by atoms with Crippen LogP contribution in [0.1, 0.15) is 106 Å². The molecule has 0 fully saturated rings. The summed E-state index contributed by atoms with van der Waals surface area (Å²) in [7, 11) is 0. The minimum atomic E-state index is -1.93. The number of aliphatic carboxylic acids is 2. The Balaban J connectivity index is 3.43. The number of carbonyl (C=O) groups is 11. The van der Waals surface area contributed by atoms with Crippen LogP contribution in [-0.4, -0.2) is 170 Å². The maximum atomic E-state index is 14.2. The number of carboxylic acids is 2. The maximum absolute atomic E-state index is 14.2. The molecule has 9 amide bonds. The van der Waals surface area contributed by atoms with Crippen LogP contribution in [-0.2, 0) is 59.2 Å². The second-order valence-corrected chi connectivity index (χ2v) is 19.8. The van der Waals surface area contributed by atoms with E-state index >= 15 is 0 Å². The van der Waals surface area contributed by atoms with Gasteiger partial charge in [0, 0.05) is 12.8 Å². The summed E-state index contributed by atoms with van der Waals surface area (Å²) in [6, 6.07) is -8.93. The van der Waals surface area contributed by atoms with E-state index in [9.17, 15) is 78.3 Å². The predicted molar refractivity (Wildman–Crippen MR) is 274 cm³/mol. The van der Waals surface area contributed by atoms with Crippen LogP contribution in [0.3, 0.4) is 0 Å².